The summed E-state index contributed by atoms with van der Waals surface area (Å²) >= 11 is 0. The minimum absolute atomic E-state index is 0.161. The molecule has 4 N–H and O–H groups in total. The van der Waals surface area contributed by atoms with Crippen LogP contribution in [0.2, 0.25) is 0 Å². The van der Waals surface area contributed by atoms with Crippen LogP contribution in [-0.2, 0) is 5.54 Å². The Hall–Kier alpha value is -3.71. The maximum atomic E-state index is 12.5. The van der Waals surface area contributed by atoms with Crippen LogP contribution in [-0.4, -0.2) is 38.9 Å². The summed E-state index contributed by atoms with van der Waals surface area (Å²) in [7, 11) is 0. The van der Waals surface area contributed by atoms with Crippen molar-refractivity contribution in [1.29, 1.82) is 0 Å². The first kappa shape index (κ1) is 19.9. The first-order valence-corrected chi connectivity index (χ1v) is 11.3. The van der Waals surface area contributed by atoms with Crippen molar-refractivity contribution < 1.29 is 9.90 Å². The molecule has 1 spiro atoms. The maximum Gasteiger partial charge on any atom is 0.254 e. The molecule has 0 saturated heterocycles. The third-order valence-electron chi connectivity index (χ3n) is 7.09. The molecule has 4 aromatic rings. The molecule has 2 aromatic carbocycles. The van der Waals surface area contributed by atoms with Gasteiger partial charge >= 0.3 is 0 Å². The van der Waals surface area contributed by atoms with Crippen molar-refractivity contribution in [3.63, 3.8) is 0 Å². The van der Waals surface area contributed by atoms with E-state index < -0.39 is 5.91 Å². The van der Waals surface area contributed by atoms with Crippen LogP contribution >= 0.6 is 0 Å². The number of nitrogens with two attached hydrogens (primary N) is 1. The molecular formula is C26H25N5O2. The SMILES string of the molecule is NC(=O)c1c(-c2ccc3ccc(-c4ccccc4)nc3c2)nn2c1NCCC21CC(CO)C1. The number of primary amides is 1. The molecule has 0 unspecified atom stereocenters. The van der Waals surface area contributed by atoms with E-state index in [0.717, 1.165) is 53.5 Å². The summed E-state index contributed by atoms with van der Waals surface area (Å²) in [5.41, 5.74) is 10.3. The number of rotatable bonds is 4. The molecule has 1 amide bonds. The Morgan fingerprint density at radius 1 is 1.12 bits per heavy atom. The Labute approximate surface area is 191 Å². The van der Waals surface area contributed by atoms with Gasteiger partial charge in [0.25, 0.3) is 5.91 Å². The first-order chi connectivity index (χ1) is 16.1. The summed E-state index contributed by atoms with van der Waals surface area (Å²) in [6.45, 7) is 0.935. The van der Waals surface area contributed by atoms with Gasteiger partial charge in [-0.3, -0.25) is 4.79 Å². The van der Waals surface area contributed by atoms with E-state index in [0.29, 0.717) is 17.1 Å². The molecule has 3 heterocycles. The molecule has 33 heavy (non-hydrogen) atoms. The van der Waals surface area contributed by atoms with Crippen LogP contribution in [0.1, 0.15) is 29.6 Å². The highest BCUT2D eigenvalue weighted by atomic mass is 16.3. The molecular weight excluding hydrogens is 414 g/mol. The van der Waals surface area contributed by atoms with Crippen molar-refractivity contribution in [3.05, 3.63) is 66.2 Å². The minimum Gasteiger partial charge on any atom is -0.396 e. The predicted octanol–water partition coefficient (Wildman–Crippen LogP) is 3.78. The molecule has 2 aliphatic rings. The van der Waals surface area contributed by atoms with Gasteiger partial charge in [0.1, 0.15) is 17.1 Å². The van der Waals surface area contributed by atoms with E-state index in [2.05, 4.69) is 11.4 Å². The lowest BCUT2D eigenvalue weighted by atomic mass is 9.66. The third kappa shape index (κ3) is 3.11. The Bertz CT molecular complexity index is 1370. The number of carbonyl (C=O) groups is 1. The Kier molecular flexibility index (Phi) is 4.48. The molecule has 1 fully saturated rings. The molecule has 1 saturated carbocycles. The average Bonchev–Trinajstić information content (AvgIpc) is 3.23. The van der Waals surface area contributed by atoms with Crippen LogP contribution in [0.5, 0.6) is 0 Å². The fraction of sp³-hybridized carbons (Fsp3) is 0.269. The van der Waals surface area contributed by atoms with E-state index in [1.807, 2.05) is 59.3 Å². The quantitative estimate of drug-likeness (QED) is 0.449. The molecule has 7 heteroatoms. The molecule has 1 aliphatic carbocycles. The van der Waals surface area contributed by atoms with Crippen molar-refractivity contribution in [2.24, 2.45) is 11.7 Å². The number of pyridine rings is 1. The van der Waals surface area contributed by atoms with E-state index in [1.54, 1.807) is 0 Å². The summed E-state index contributed by atoms with van der Waals surface area (Å²) in [5.74, 6) is 0.466. The summed E-state index contributed by atoms with van der Waals surface area (Å²) in [6.07, 6.45) is 2.63. The van der Waals surface area contributed by atoms with Crippen LogP contribution in [0, 0.1) is 5.92 Å². The highest BCUT2D eigenvalue weighted by molar-refractivity contribution is 6.04. The number of benzene rings is 2. The van der Waals surface area contributed by atoms with Crippen LogP contribution in [0.25, 0.3) is 33.4 Å². The highest BCUT2D eigenvalue weighted by Gasteiger charge is 2.49. The number of aromatic nitrogens is 3. The number of aliphatic hydroxyl groups is 1. The topological polar surface area (TPSA) is 106 Å². The fourth-order valence-electron chi connectivity index (χ4n) is 5.43. The largest absolute Gasteiger partial charge is 0.396 e. The number of amides is 1. The van der Waals surface area contributed by atoms with E-state index in [1.165, 1.54) is 0 Å². The average molecular weight is 440 g/mol. The normalized spacial score (nSPS) is 21.4. The number of hydrogen-bond acceptors (Lipinski definition) is 5. The van der Waals surface area contributed by atoms with E-state index >= 15 is 0 Å². The van der Waals surface area contributed by atoms with E-state index in [9.17, 15) is 9.90 Å². The third-order valence-corrected chi connectivity index (χ3v) is 7.09. The summed E-state index contributed by atoms with van der Waals surface area (Å²) in [5, 5.41) is 18.8. The van der Waals surface area contributed by atoms with Gasteiger partial charge in [0.2, 0.25) is 0 Å². The zero-order valence-electron chi connectivity index (χ0n) is 18.2. The van der Waals surface area contributed by atoms with Crippen molar-refractivity contribution >= 4 is 22.6 Å². The van der Waals surface area contributed by atoms with Gasteiger partial charge in [0.05, 0.1) is 16.7 Å². The monoisotopic (exact) mass is 439 g/mol. The van der Waals surface area contributed by atoms with Gasteiger partial charge in [-0.05, 0) is 37.3 Å². The number of nitrogens with zero attached hydrogens (tertiary/aromatic N) is 3. The second kappa shape index (κ2) is 7.42. The molecule has 0 atom stereocenters. The molecule has 166 valence electrons. The number of anilines is 1. The van der Waals surface area contributed by atoms with Crippen LogP contribution in [0.4, 0.5) is 5.82 Å². The van der Waals surface area contributed by atoms with E-state index in [-0.39, 0.29) is 18.1 Å². The van der Waals surface area contributed by atoms with Crippen LogP contribution < -0.4 is 11.1 Å². The zero-order valence-corrected chi connectivity index (χ0v) is 18.2. The zero-order chi connectivity index (χ0) is 22.6. The highest BCUT2D eigenvalue weighted by Crippen LogP contribution is 2.50. The summed E-state index contributed by atoms with van der Waals surface area (Å²) in [6, 6.07) is 20.1. The van der Waals surface area contributed by atoms with Gasteiger partial charge in [-0.1, -0.05) is 48.5 Å². The van der Waals surface area contributed by atoms with Gasteiger partial charge < -0.3 is 16.2 Å². The second-order valence-corrected chi connectivity index (χ2v) is 9.18. The number of aliphatic hydroxyl groups excluding tert-OH is 1. The van der Waals surface area contributed by atoms with Gasteiger partial charge in [0, 0.05) is 29.7 Å². The predicted molar refractivity (Wildman–Crippen MR) is 128 cm³/mol. The molecule has 0 radical (unpaired) electrons. The standard InChI is InChI=1S/C26H25N5O2/c27-24(33)22-23(30-31-25(22)28-11-10-26(31)13-16(14-26)15-32)19-7-6-18-8-9-20(29-21(18)12-19)17-4-2-1-3-5-17/h1-9,12,16,28,32H,10-11,13-15H2,(H2,27,33). The van der Waals surface area contributed by atoms with Crippen molar-refractivity contribution in [3.8, 4) is 22.5 Å². The lowest BCUT2D eigenvalue weighted by Crippen LogP contribution is -2.51. The van der Waals surface area contributed by atoms with Gasteiger partial charge in [-0.2, -0.15) is 5.10 Å². The summed E-state index contributed by atoms with van der Waals surface area (Å²) < 4.78 is 1.95. The number of hydrogen-bond donors (Lipinski definition) is 3. The molecule has 1 aliphatic heterocycles. The molecule has 0 bridgehead atoms. The molecule has 7 nitrogen and oxygen atoms in total. The van der Waals surface area contributed by atoms with Crippen molar-refractivity contribution in [2.75, 3.05) is 18.5 Å². The minimum atomic E-state index is -0.500. The lowest BCUT2D eigenvalue weighted by Gasteiger charge is -2.50. The van der Waals surface area contributed by atoms with Gasteiger partial charge in [0.15, 0.2) is 0 Å². The van der Waals surface area contributed by atoms with Crippen molar-refractivity contribution in [2.45, 2.75) is 24.8 Å². The summed E-state index contributed by atoms with van der Waals surface area (Å²) in [4.78, 5) is 17.4. The molecule has 6 rings (SSSR count). The lowest BCUT2D eigenvalue weighted by molar-refractivity contribution is 0.0102. The Morgan fingerprint density at radius 2 is 1.91 bits per heavy atom. The number of nitrogens with one attached hydrogen (secondary N) is 1. The van der Waals surface area contributed by atoms with Gasteiger partial charge in [-0.15, -0.1) is 0 Å². The molecule has 2 aromatic heterocycles. The maximum absolute atomic E-state index is 12.5. The van der Waals surface area contributed by atoms with Crippen LogP contribution in [0.3, 0.4) is 0 Å². The fourth-order valence-corrected chi connectivity index (χ4v) is 5.43. The Balaban J connectivity index is 1.48. The van der Waals surface area contributed by atoms with Gasteiger partial charge in [-0.25, -0.2) is 9.67 Å². The van der Waals surface area contributed by atoms with Crippen molar-refractivity contribution in [1.82, 2.24) is 14.8 Å². The van der Waals surface area contributed by atoms with E-state index in [4.69, 9.17) is 15.8 Å². The Morgan fingerprint density at radius 3 is 2.67 bits per heavy atom. The smallest absolute Gasteiger partial charge is 0.254 e. The first-order valence-electron chi connectivity index (χ1n) is 11.3. The second-order valence-electron chi connectivity index (χ2n) is 9.18. The van der Waals surface area contributed by atoms with Crippen LogP contribution in [0.15, 0.2) is 60.7 Å². The number of carbonyl (C=O) groups excluding carboxylic acids is 1. The number of fused-ring (bicyclic) bond motifs is 3.